The minimum atomic E-state index is -0.138. The van der Waals surface area contributed by atoms with E-state index in [2.05, 4.69) is 50.4 Å². The second-order valence-corrected chi connectivity index (χ2v) is 8.30. The van der Waals surface area contributed by atoms with E-state index in [1.807, 2.05) is 0 Å². The fraction of sp³-hybridized carbons (Fsp3) is 0.500. The number of nitrogens with zero attached hydrogens (tertiary/aromatic N) is 1. The van der Waals surface area contributed by atoms with E-state index in [4.69, 9.17) is 10.7 Å². The Morgan fingerprint density at radius 1 is 1.24 bits per heavy atom. The maximum Gasteiger partial charge on any atom is 0.0946 e. The first kappa shape index (κ1) is 14.7. The number of thiazole rings is 1. The molecule has 0 spiro atoms. The Morgan fingerprint density at radius 3 is 2.62 bits per heavy atom. The summed E-state index contributed by atoms with van der Waals surface area (Å²) in [6.07, 6.45) is 3.99. The summed E-state index contributed by atoms with van der Waals surface area (Å²) in [5.41, 5.74) is 10.7. The van der Waals surface area contributed by atoms with Crippen LogP contribution in [-0.2, 0) is 24.7 Å². The van der Waals surface area contributed by atoms with Gasteiger partial charge in [0, 0.05) is 22.8 Å². The lowest BCUT2D eigenvalue weighted by Crippen LogP contribution is -2.47. The Hall–Kier alpha value is -1.19. The lowest BCUT2D eigenvalue weighted by atomic mass is 9.77. The maximum atomic E-state index is 6.69. The van der Waals surface area contributed by atoms with E-state index in [-0.39, 0.29) is 11.0 Å². The zero-order valence-electron chi connectivity index (χ0n) is 13.1. The molecule has 1 heterocycles. The molecule has 1 atom stereocenters. The molecule has 0 saturated carbocycles. The van der Waals surface area contributed by atoms with Crippen LogP contribution >= 0.6 is 11.3 Å². The van der Waals surface area contributed by atoms with E-state index in [0.717, 1.165) is 25.7 Å². The highest BCUT2D eigenvalue weighted by Crippen LogP contribution is 2.31. The van der Waals surface area contributed by atoms with Crippen LogP contribution in [0.15, 0.2) is 29.6 Å². The van der Waals surface area contributed by atoms with Crippen LogP contribution in [-0.4, -0.2) is 10.5 Å². The van der Waals surface area contributed by atoms with E-state index < -0.39 is 0 Å². The number of benzene rings is 1. The summed E-state index contributed by atoms with van der Waals surface area (Å²) >= 11 is 1.76. The summed E-state index contributed by atoms with van der Waals surface area (Å²) < 4.78 is 0. The molecule has 21 heavy (non-hydrogen) atoms. The van der Waals surface area contributed by atoms with Crippen molar-refractivity contribution in [1.82, 2.24) is 4.98 Å². The lowest BCUT2D eigenvalue weighted by Gasteiger charge is -2.34. The van der Waals surface area contributed by atoms with E-state index in [1.54, 1.807) is 11.3 Å². The van der Waals surface area contributed by atoms with Crippen molar-refractivity contribution < 1.29 is 0 Å². The van der Waals surface area contributed by atoms with Crippen LogP contribution in [0.4, 0.5) is 0 Å². The fourth-order valence-electron chi connectivity index (χ4n) is 3.01. The molecule has 2 nitrogen and oxygen atoms in total. The van der Waals surface area contributed by atoms with Crippen molar-refractivity contribution in [1.29, 1.82) is 0 Å². The van der Waals surface area contributed by atoms with Gasteiger partial charge < -0.3 is 5.73 Å². The molecule has 1 aromatic heterocycles. The van der Waals surface area contributed by atoms with Gasteiger partial charge in [0.15, 0.2) is 0 Å². The number of nitrogens with two attached hydrogens (primary N) is 1. The number of rotatable bonds is 2. The number of hydrogen-bond donors (Lipinski definition) is 1. The summed E-state index contributed by atoms with van der Waals surface area (Å²) in [7, 11) is 0. The molecule has 3 rings (SSSR count). The molecule has 1 aliphatic rings. The Labute approximate surface area is 131 Å². The van der Waals surface area contributed by atoms with Crippen molar-refractivity contribution in [2.75, 3.05) is 0 Å². The van der Waals surface area contributed by atoms with Gasteiger partial charge in [-0.15, -0.1) is 11.3 Å². The largest absolute Gasteiger partial charge is 0.324 e. The molecule has 0 fully saturated rings. The van der Waals surface area contributed by atoms with Gasteiger partial charge in [0.05, 0.1) is 10.7 Å². The third kappa shape index (κ3) is 3.19. The molecule has 2 aromatic rings. The first-order chi connectivity index (χ1) is 9.86. The van der Waals surface area contributed by atoms with Gasteiger partial charge in [0.2, 0.25) is 0 Å². The van der Waals surface area contributed by atoms with Gasteiger partial charge >= 0.3 is 0 Å². The van der Waals surface area contributed by atoms with Crippen molar-refractivity contribution in [3.63, 3.8) is 0 Å². The fourth-order valence-corrected chi connectivity index (χ4v) is 4.19. The maximum absolute atomic E-state index is 6.69. The summed E-state index contributed by atoms with van der Waals surface area (Å²) in [5, 5.41) is 3.37. The third-order valence-corrected chi connectivity index (χ3v) is 5.23. The van der Waals surface area contributed by atoms with Crippen LogP contribution < -0.4 is 5.73 Å². The average Bonchev–Trinajstić information content (AvgIpc) is 2.86. The minimum Gasteiger partial charge on any atom is -0.324 e. The topological polar surface area (TPSA) is 38.9 Å². The number of aromatic nitrogens is 1. The summed E-state index contributed by atoms with van der Waals surface area (Å²) in [4.78, 5) is 4.82. The van der Waals surface area contributed by atoms with Gasteiger partial charge in [0.1, 0.15) is 0 Å². The summed E-state index contributed by atoms with van der Waals surface area (Å²) in [6.45, 7) is 6.63. The first-order valence-electron chi connectivity index (χ1n) is 7.66. The van der Waals surface area contributed by atoms with Crippen molar-refractivity contribution in [3.05, 3.63) is 51.5 Å². The Kier molecular flexibility index (Phi) is 3.66. The second kappa shape index (κ2) is 5.22. The van der Waals surface area contributed by atoms with Gasteiger partial charge in [0.25, 0.3) is 0 Å². The van der Waals surface area contributed by atoms with E-state index in [9.17, 15) is 0 Å². The van der Waals surface area contributed by atoms with Gasteiger partial charge in [-0.2, -0.15) is 0 Å². The van der Waals surface area contributed by atoms with Crippen LogP contribution in [0.3, 0.4) is 0 Å². The van der Waals surface area contributed by atoms with E-state index >= 15 is 0 Å². The van der Waals surface area contributed by atoms with Crippen LogP contribution in [0, 0.1) is 0 Å². The quantitative estimate of drug-likeness (QED) is 0.914. The number of aryl methyl sites for hydroxylation is 1. The summed E-state index contributed by atoms with van der Waals surface area (Å²) in [5.74, 6) is 0. The Morgan fingerprint density at radius 2 is 1.95 bits per heavy atom. The smallest absolute Gasteiger partial charge is 0.0946 e. The molecule has 0 saturated heterocycles. The van der Waals surface area contributed by atoms with Gasteiger partial charge in [-0.25, -0.2) is 4.98 Å². The normalized spacial score (nSPS) is 22.1. The Bertz CT molecular complexity index is 639. The number of fused-ring (bicyclic) bond motifs is 1. The number of hydrogen-bond acceptors (Lipinski definition) is 3. The molecular weight excluding hydrogens is 276 g/mol. The molecule has 0 radical (unpaired) electrons. The van der Waals surface area contributed by atoms with Crippen LogP contribution in [0.2, 0.25) is 0 Å². The van der Waals surface area contributed by atoms with Crippen molar-refractivity contribution >= 4 is 11.3 Å². The molecule has 0 bridgehead atoms. The molecule has 1 aromatic carbocycles. The van der Waals surface area contributed by atoms with Gasteiger partial charge in [-0.05, 0) is 30.4 Å². The molecule has 1 unspecified atom stereocenters. The zero-order chi connectivity index (χ0) is 15.1. The monoisotopic (exact) mass is 300 g/mol. The SMILES string of the molecule is CC(C)(C)c1csc(CC2(N)CCc3ccccc3C2)n1. The van der Waals surface area contributed by atoms with E-state index in [1.165, 1.54) is 21.8 Å². The van der Waals surface area contributed by atoms with Crippen molar-refractivity contribution in [3.8, 4) is 0 Å². The molecule has 2 N–H and O–H groups in total. The molecule has 3 heteroatoms. The third-order valence-electron chi connectivity index (χ3n) is 4.38. The highest BCUT2D eigenvalue weighted by molar-refractivity contribution is 7.09. The molecule has 1 aliphatic carbocycles. The van der Waals surface area contributed by atoms with Crippen LogP contribution in [0.5, 0.6) is 0 Å². The summed E-state index contributed by atoms with van der Waals surface area (Å²) in [6, 6.07) is 8.69. The van der Waals surface area contributed by atoms with Gasteiger partial charge in [-0.3, -0.25) is 0 Å². The zero-order valence-corrected chi connectivity index (χ0v) is 14.0. The predicted octanol–water partition coefficient (Wildman–Crippen LogP) is 3.87. The lowest BCUT2D eigenvalue weighted by molar-refractivity contribution is 0.368. The van der Waals surface area contributed by atoms with Gasteiger partial charge in [-0.1, -0.05) is 45.0 Å². The molecule has 112 valence electrons. The van der Waals surface area contributed by atoms with E-state index in [0.29, 0.717) is 0 Å². The van der Waals surface area contributed by atoms with Crippen LogP contribution in [0.25, 0.3) is 0 Å². The first-order valence-corrected chi connectivity index (χ1v) is 8.54. The van der Waals surface area contributed by atoms with Crippen molar-refractivity contribution in [2.45, 2.75) is 57.4 Å². The molecule has 0 amide bonds. The standard InChI is InChI=1S/C18H24N2S/c1-17(2,3)15-12-21-16(20-15)11-18(19)9-8-13-6-4-5-7-14(13)10-18/h4-7,12H,8-11,19H2,1-3H3. The molecular formula is C18H24N2S. The minimum absolute atomic E-state index is 0.121. The highest BCUT2D eigenvalue weighted by atomic mass is 32.1. The predicted molar refractivity (Wildman–Crippen MR) is 89.9 cm³/mol. The highest BCUT2D eigenvalue weighted by Gasteiger charge is 2.32. The Balaban J connectivity index is 1.78. The van der Waals surface area contributed by atoms with Crippen LogP contribution in [0.1, 0.15) is 49.0 Å². The molecule has 0 aliphatic heterocycles. The average molecular weight is 300 g/mol. The second-order valence-electron chi connectivity index (χ2n) is 7.36. The van der Waals surface area contributed by atoms with Crippen molar-refractivity contribution in [2.24, 2.45) is 5.73 Å².